The molecule has 0 atom stereocenters. The molecule has 0 radical (unpaired) electrons. The zero-order chi connectivity index (χ0) is 18.0. The average Bonchev–Trinajstić information content (AvgIpc) is 2.87. The molecule has 0 aliphatic heterocycles. The summed E-state index contributed by atoms with van der Waals surface area (Å²) in [4.78, 5) is 46.3. The van der Waals surface area contributed by atoms with Crippen molar-refractivity contribution < 1.29 is 9.59 Å². The second kappa shape index (κ2) is 6.91. The molecule has 8 nitrogen and oxygen atoms in total. The van der Waals surface area contributed by atoms with Crippen molar-refractivity contribution in [2.24, 2.45) is 7.05 Å². The van der Waals surface area contributed by atoms with Crippen molar-refractivity contribution >= 4 is 28.3 Å². The molecule has 2 rings (SSSR count). The van der Waals surface area contributed by atoms with Gasteiger partial charge in [-0.05, 0) is 13.8 Å². The predicted molar refractivity (Wildman–Crippen MR) is 91.4 cm³/mol. The first kappa shape index (κ1) is 17.8. The quantitative estimate of drug-likeness (QED) is 0.878. The minimum atomic E-state index is -0.337. The second-order valence-corrected chi connectivity index (χ2v) is 6.59. The maximum Gasteiger partial charge on any atom is 0.265 e. The topological polar surface area (TPSA) is 97.2 Å². The molecule has 0 aliphatic rings. The zero-order valence-electron chi connectivity index (χ0n) is 14.2. The van der Waals surface area contributed by atoms with Gasteiger partial charge in [0.15, 0.2) is 5.13 Å². The van der Waals surface area contributed by atoms with Gasteiger partial charge in [0.2, 0.25) is 5.91 Å². The van der Waals surface area contributed by atoms with Crippen LogP contribution in [0.2, 0.25) is 0 Å². The Balaban J connectivity index is 2.14. The standard InChI is InChI=1S/C15H19N5O3S/c1-8-10(16-7-20(5)13(8)22)6-11(21)18-15-17-9(2)12(24-15)14(23)19(3)4/h7H,6H2,1-5H3,(H,17,18,21). The van der Waals surface area contributed by atoms with Gasteiger partial charge in [-0.1, -0.05) is 11.3 Å². The molecule has 0 bridgehead atoms. The van der Waals surface area contributed by atoms with Gasteiger partial charge in [0.25, 0.3) is 11.5 Å². The van der Waals surface area contributed by atoms with E-state index < -0.39 is 0 Å². The fourth-order valence-corrected chi connectivity index (χ4v) is 3.04. The molecule has 0 saturated heterocycles. The van der Waals surface area contributed by atoms with E-state index in [1.54, 1.807) is 35.0 Å². The first-order valence-electron chi connectivity index (χ1n) is 7.20. The van der Waals surface area contributed by atoms with Crippen LogP contribution >= 0.6 is 11.3 Å². The molecule has 0 saturated carbocycles. The largest absolute Gasteiger partial charge is 0.344 e. The SMILES string of the molecule is Cc1nc(NC(=O)Cc2ncn(C)c(=O)c2C)sc1C(=O)N(C)C. The molecule has 0 spiro atoms. The van der Waals surface area contributed by atoms with E-state index in [0.717, 1.165) is 11.3 Å². The van der Waals surface area contributed by atoms with Crippen molar-refractivity contribution in [2.45, 2.75) is 20.3 Å². The molecule has 0 aliphatic carbocycles. The summed E-state index contributed by atoms with van der Waals surface area (Å²) in [5.41, 5.74) is 1.25. The van der Waals surface area contributed by atoms with Crippen LogP contribution in [0.4, 0.5) is 5.13 Å². The molecular weight excluding hydrogens is 330 g/mol. The van der Waals surface area contributed by atoms with E-state index in [0.29, 0.717) is 27.0 Å². The van der Waals surface area contributed by atoms with E-state index in [-0.39, 0.29) is 23.8 Å². The summed E-state index contributed by atoms with van der Waals surface area (Å²) in [6.07, 6.45) is 1.36. The Labute approximate surface area is 143 Å². The van der Waals surface area contributed by atoms with Gasteiger partial charge in [-0.25, -0.2) is 9.97 Å². The number of carbonyl (C=O) groups is 2. The lowest BCUT2D eigenvalue weighted by atomic mass is 10.2. The van der Waals surface area contributed by atoms with Gasteiger partial charge in [0.05, 0.1) is 24.1 Å². The highest BCUT2D eigenvalue weighted by molar-refractivity contribution is 7.17. The van der Waals surface area contributed by atoms with Gasteiger partial charge in [0.1, 0.15) is 4.88 Å². The molecular formula is C15H19N5O3S. The third-order valence-corrected chi connectivity index (χ3v) is 4.49. The number of nitrogens with one attached hydrogen (secondary N) is 1. The van der Waals surface area contributed by atoms with Crippen molar-refractivity contribution in [1.82, 2.24) is 19.4 Å². The highest BCUT2D eigenvalue weighted by Gasteiger charge is 2.18. The lowest BCUT2D eigenvalue weighted by Crippen LogP contribution is -2.24. The molecule has 2 amide bonds. The molecule has 2 aromatic rings. The van der Waals surface area contributed by atoms with Gasteiger partial charge in [-0.2, -0.15) is 0 Å². The summed E-state index contributed by atoms with van der Waals surface area (Å²) in [5, 5.41) is 3.01. The maximum absolute atomic E-state index is 12.2. The smallest absolute Gasteiger partial charge is 0.265 e. The van der Waals surface area contributed by atoms with Gasteiger partial charge in [0, 0.05) is 26.7 Å². The molecule has 0 aromatic carbocycles. The normalized spacial score (nSPS) is 10.5. The van der Waals surface area contributed by atoms with Crippen LogP contribution < -0.4 is 10.9 Å². The van der Waals surface area contributed by atoms with Crippen molar-refractivity contribution in [2.75, 3.05) is 19.4 Å². The Hall–Kier alpha value is -2.55. The van der Waals surface area contributed by atoms with Gasteiger partial charge < -0.3 is 14.8 Å². The number of thiazole rings is 1. The number of anilines is 1. The van der Waals surface area contributed by atoms with Crippen LogP contribution in [0, 0.1) is 13.8 Å². The first-order chi connectivity index (χ1) is 11.2. The first-order valence-corrected chi connectivity index (χ1v) is 8.02. The predicted octanol–water partition coefficient (Wildman–Crippen LogP) is 0.737. The minimum Gasteiger partial charge on any atom is -0.344 e. The number of nitrogens with zero attached hydrogens (tertiary/aromatic N) is 4. The van der Waals surface area contributed by atoms with E-state index in [9.17, 15) is 14.4 Å². The average molecular weight is 349 g/mol. The van der Waals surface area contributed by atoms with Crippen LogP contribution in [-0.4, -0.2) is 45.3 Å². The summed E-state index contributed by atoms with van der Waals surface area (Å²) in [6.45, 7) is 3.36. The lowest BCUT2D eigenvalue weighted by molar-refractivity contribution is -0.115. The van der Waals surface area contributed by atoms with Gasteiger partial charge in [-0.15, -0.1) is 0 Å². The Morgan fingerprint density at radius 2 is 2.00 bits per heavy atom. The van der Waals surface area contributed by atoms with E-state index in [2.05, 4.69) is 15.3 Å². The Kier molecular flexibility index (Phi) is 5.13. The van der Waals surface area contributed by atoms with E-state index in [1.165, 1.54) is 15.8 Å². The highest BCUT2D eigenvalue weighted by atomic mass is 32.1. The Morgan fingerprint density at radius 1 is 1.33 bits per heavy atom. The third-order valence-electron chi connectivity index (χ3n) is 3.43. The van der Waals surface area contributed by atoms with Crippen LogP contribution in [-0.2, 0) is 18.3 Å². The van der Waals surface area contributed by atoms with Crippen molar-refractivity contribution in [1.29, 1.82) is 0 Å². The molecule has 2 aromatic heterocycles. The molecule has 9 heteroatoms. The van der Waals surface area contributed by atoms with Crippen LogP contribution in [0.25, 0.3) is 0 Å². The molecule has 1 N–H and O–H groups in total. The fraction of sp³-hybridized carbons (Fsp3) is 0.400. The van der Waals surface area contributed by atoms with Crippen molar-refractivity contribution in [3.05, 3.63) is 38.5 Å². The monoisotopic (exact) mass is 349 g/mol. The van der Waals surface area contributed by atoms with E-state index in [4.69, 9.17) is 0 Å². The zero-order valence-corrected chi connectivity index (χ0v) is 15.0. The van der Waals surface area contributed by atoms with E-state index >= 15 is 0 Å². The highest BCUT2D eigenvalue weighted by Crippen LogP contribution is 2.23. The van der Waals surface area contributed by atoms with Crippen molar-refractivity contribution in [3.63, 3.8) is 0 Å². The van der Waals surface area contributed by atoms with Crippen LogP contribution in [0.1, 0.15) is 26.6 Å². The van der Waals surface area contributed by atoms with Crippen LogP contribution in [0.3, 0.4) is 0 Å². The molecule has 2 heterocycles. The molecule has 128 valence electrons. The van der Waals surface area contributed by atoms with Crippen LogP contribution in [0.5, 0.6) is 0 Å². The van der Waals surface area contributed by atoms with Gasteiger partial charge >= 0.3 is 0 Å². The third kappa shape index (κ3) is 3.67. The molecule has 24 heavy (non-hydrogen) atoms. The van der Waals surface area contributed by atoms with Crippen LogP contribution in [0.15, 0.2) is 11.1 Å². The molecule has 0 unspecified atom stereocenters. The van der Waals surface area contributed by atoms with E-state index in [1.807, 2.05) is 0 Å². The number of carbonyl (C=O) groups excluding carboxylic acids is 2. The number of rotatable bonds is 4. The van der Waals surface area contributed by atoms with Gasteiger partial charge in [-0.3, -0.25) is 14.4 Å². The summed E-state index contributed by atoms with van der Waals surface area (Å²) in [7, 11) is 4.92. The summed E-state index contributed by atoms with van der Waals surface area (Å²) >= 11 is 1.12. The second-order valence-electron chi connectivity index (χ2n) is 5.59. The number of hydrogen-bond donors (Lipinski definition) is 1. The number of aromatic nitrogens is 3. The summed E-state index contributed by atoms with van der Waals surface area (Å²) in [5.74, 6) is -0.494. The number of aryl methyl sites for hydroxylation is 2. The fourth-order valence-electron chi connectivity index (χ4n) is 2.04. The Bertz CT molecular complexity index is 853. The van der Waals surface area contributed by atoms with Crippen molar-refractivity contribution in [3.8, 4) is 0 Å². The summed E-state index contributed by atoms with van der Waals surface area (Å²) in [6, 6.07) is 0. The number of hydrogen-bond acceptors (Lipinski definition) is 6. The minimum absolute atomic E-state index is 0.0303. The summed E-state index contributed by atoms with van der Waals surface area (Å²) < 4.78 is 1.36. The Morgan fingerprint density at radius 3 is 2.62 bits per heavy atom. The number of amides is 2. The lowest BCUT2D eigenvalue weighted by Gasteiger charge is -2.07. The molecule has 0 fully saturated rings. The maximum atomic E-state index is 12.2.